The molecule has 1 unspecified atom stereocenters. The first-order valence-electron chi connectivity index (χ1n) is 6.68. The molecule has 4 nitrogen and oxygen atoms in total. The number of aryl methyl sites for hydroxylation is 1. The van der Waals surface area contributed by atoms with Crippen molar-refractivity contribution >= 4 is 23.6 Å². The Morgan fingerprint density at radius 1 is 1.25 bits per heavy atom. The van der Waals surface area contributed by atoms with E-state index in [1.54, 1.807) is 11.8 Å². The molecule has 1 aromatic rings. The van der Waals surface area contributed by atoms with Gasteiger partial charge in [-0.15, -0.1) is 11.8 Å². The summed E-state index contributed by atoms with van der Waals surface area (Å²) in [7, 11) is 0. The fraction of sp³-hybridized carbons (Fsp3) is 0.467. The predicted molar refractivity (Wildman–Crippen MR) is 81.0 cm³/mol. The van der Waals surface area contributed by atoms with E-state index in [9.17, 15) is 9.59 Å². The summed E-state index contributed by atoms with van der Waals surface area (Å²) >= 11 is 1.65. The number of benzene rings is 1. The first-order chi connectivity index (χ1) is 9.47. The van der Waals surface area contributed by atoms with Crippen LogP contribution in [0.25, 0.3) is 0 Å². The summed E-state index contributed by atoms with van der Waals surface area (Å²) in [6.07, 6.45) is 0.988. The van der Waals surface area contributed by atoms with Crippen molar-refractivity contribution in [1.29, 1.82) is 0 Å². The number of thioether (sulfide) groups is 1. The lowest BCUT2D eigenvalue weighted by molar-refractivity contribution is -0.137. The second-order valence-corrected chi connectivity index (χ2v) is 5.98. The summed E-state index contributed by atoms with van der Waals surface area (Å²) < 4.78 is 0. The van der Waals surface area contributed by atoms with E-state index in [4.69, 9.17) is 5.11 Å². The van der Waals surface area contributed by atoms with Crippen molar-refractivity contribution < 1.29 is 14.7 Å². The minimum atomic E-state index is -0.832. The first kappa shape index (κ1) is 16.6. The van der Waals surface area contributed by atoms with Crippen LogP contribution in [0, 0.1) is 6.92 Å². The van der Waals surface area contributed by atoms with Crippen molar-refractivity contribution in [3.63, 3.8) is 0 Å². The Bertz CT molecular complexity index is 445. The number of hydrogen-bond acceptors (Lipinski definition) is 3. The van der Waals surface area contributed by atoms with Gasteiger partial charge in [0.15, 0.2) is 0 Å². The summed E-state index contributed by atoms with van der Waals surface area (Å²) in [5, 5.41) is 11.4. The summed E-state index contributed by atoms with van der Waals surface area (Å²) in [4.78, 5) is 23.3. The standard InChI is InChI=1S/C15H21NO3S/c1-11-3-6-13(7-4-11)20-10-9-14(17)16-12(2)5-8-15(18)19/h3-4,6-7,12H,5,8-10H2,1-2H3,(H,16,17)(H,18,19). The van der Waals surface area contributed by atoms with E-state index in [-0.39, 0.29) is 18.4 Å². The number of amides is 1. The van der Waals surface area contributed by atoms with Crippen LogP contribution in [0.2, 0.25) is 0 Å². The smallest absolute Gasteiger partial charge is 0.303 e. The highest BCUT2D eigenvalue weighted by molar-refractivity contribution is 7.99. The molecule has 0 heterocycles. The van der Waals surface area contributed by atoms with Gasteiger partial charge in [-0.1, -0.05) is 17.7 Å². The van der Waals surface area contributed by atoms with E-state index >= 15 is 0 Å². The van der Waals surface area contributed by atoms with Crippen molar-refractivity contribution in [2.24, 2.45) is 0 Å². The lowest BCUT2D eigenvalue weighted by atomic mass is 10.2. The lowest BCUT2D eigenvalue weighted by Gasteiger charge is -2.12. The van der Waals surface area contributed by atoms with Gasteiger partial charge < -0.3 is 10.4 Å². The Labute approximate surface area is 124 Å². The predicted octanol–water partition coefficient (Wildman–Crippen LogP) is 2.85. The molecule has 1 aromatic carbocycles. The van der Waals surface area contributed by atoms with Gasteiger partial charge in [-0.25, -0.2) is 0 Å². The second-order valence-electron chi connectivity index (χ2n) is 4.81. The van der Waals surface area contributed by atoms with Gasteiger partial charge >= 0.3 is 5.97 Å². The fourth-order valence-electron chi connectivity index (χ4n) is 1.66. The molecule has 1 rings (SSSR count). The molecular formula is C15H21NO3S. The van der Waals surface area contributed by atoms with Crippen LogP contribution in [0.1, 0.15) is 31.7 Å². The Morgan fingerprint density at radius 3 is 2.50 bits per heavy atom. The zero-order valence-electron chi connectivity index (χ0n) is 11.9. The quantitative estimate of drug-likeness (QED) is 0.724. The van der Waals surface area contributed by atoms with E-state index in [0.29, 0.717) is 12.8 Å². The largest absolute Gasteiger partial charge is 0.481 e. The molecule has 0 spiro atoms. The molecule has 1 amide bonds. The highest BCUT2D eigenvalue weighted by atomic mass is 32.2. The number of hydrogen-bond donors (Lipinski definition) is 2. The topological polar surface area (TPSA) is 66.4 Å². The van der Waals surface area contributed by atoms with E-state index in [0.717, 1.165) is 10.6 Å². The highest BCUT2D eigenvalue weighted by Gasteiger charge is 2.09. The van der Waals surface area contributed by atoms with Gasteiger partial charge in [-0.05, 0) is 32.4 Å². The van der Waals surface area contributed by atoms with Gasteiger partial charge in [0.1, 0.15) is 0 Å². The van der Waals surface area contributed by atoms with Crippen LogP contribution in [0.5, 0.6) is 0 Å². The highest BCUT2D eigenvalue weighted by Crippen LogP contribution is 2.18. The number of nitrogens with one attached hydrogen (secondary N) is 1. The second kappa shape index (κ2) is 8.64. The van der Waals surface area contributed by atoms with Crippen molar-refractivity contribution in [2.75, 3.05) is 5.75 Å². The maximum Gasteiger partial charge on any atom is 0.303 e. The third-order valence-electron chi connectivity index (χ3n) is 2.82. The summed E-state index contributed by atoms with van der Waals surface area (Å²) in [6.45, 7) is 3.87. The molecular weight excluding hydrogens is 274 g/mol. The normalized spacial score (nSPS) is 11.9. The number of carbonyl (C=O) groups is 2. The molecule has 0 bridgehead atoms. The number of aliphatic carboxylic acids is 1. The molecule has 0 saturated heterocycles. The van der Waals surface area contributed by atoms with Gasteiger partial charge in [0.05, 0.1) is 0 Å². The zero-order valence-corrected chi connectivity index (χ0v) is 12.7. The zero-order chi connectivity index (χ0) is 15.0. The lowest BCUT2D eigenvalue weighted by Crippen LogP contribution is -2.33. The van der Waals surface area contributed by atoms with Crippen LogP contribution in [-0.4, -0.2) is 28.8 Å². The molecule has 0 aliphatic rings. The average molecular weight is 295 g/mol. The summed E-state index contributed by atoms with van der Waals surface area (Å²) in [5.41, 5.74) is 1.22. The number of rotatable bonds is 8. The van der Waals surface area contributed by atoms with Crippen LogP contribution in [-0.2, 0) is 9.59 Å². The molecule has 0 saturated carbocycles. The van der Waals surface area contributed by atoms with Gasteiger partial charge in [0.25, 0.3) is 0 Å². The third kappa shape index (κ3) is 7.19. The molecule has 20 heavy (non-hydrogen) atoms. The molecule has 0 aliphatic heterocycles. The Morgan fingerprint density at radius 2 is 1.90 bits per heavy atom. The summed E-state index contributed by atoms with van der Waals surface area (Å²) in [5.74, 6) is -0.135. The minimum absolute atomic E-state index is 0.0255. The minimum Gasteiger partial charge on any atom is -0.481 e. The maximum absolute atomic E-state index is 11.7. The van der Waals surface area contributed by atoms with E-state index < -0.39 is 5.97 Å². The molecule has 2 N–H and O–H groups in total. The van der Waals surface area contributed by atoms with Gasteiger partial charge in [0, 0.05) is 29.5 Å². The van der Waals surface area contributed by atoms with Crippen molar-refractivity contribution in [1.82, 2.24) is 5.32 Å². The molecule has 0 aliphatic carbocycles. The van der Waals surface area contributed by atoms with Crippen LogP contribution < -0.4 is 5.32 Å². The Kier molecular flexibility index (Phi) is 7.15. The van der Waals surface area contributed by atoms with Crippen LogP contribution in [0.15, 0.2) is 29.2 Å². The van der Waals surface area contributed by atoms with Crippen LogP contribution >= 0.6 is 11.8 Å². The Hall–Kier alpha value is -1.49. The van der Waals surface area contributed by atoms with E-state index in [2.05, 4.69) is 17.4 Å². The first-order valence-corrected chi connectivity index (χ1v) is 7.66. The monoisotopic (exact) mass is 295 g/mol. The van der Waals surface area contributed by atoms with Gasteiger partial charge in [-0.2, -0.15) is 0 Å². The SMILES string of the molecule is Cc1ccc(SCCC(=O)NC(C)CCC(=O)O)cc1. The molecule has 1 atom stereocenters. The van der Waals surface area contributed by atoms with Crippen molar-refractivity contribution in [3.05, 3.63) is 29.8 Å². The average Bonchev–Trinajstić information content (AvgIpc) is 2.38. The van der Waals surface area contributed by atoms with Crippen LogP contribution in [0.4, 0.5) is 0 Å². The number of carbonyl (C=O) groups excluding carboxylic acids is 1. The maximum atomic E-state index is 11.7. The van der Waals surface area contributed by atoms with E-state index in [1.165, 1.54) is 5.56 Å². The summed E-state index contributed by atoms with van der Waals surface area (Å²) in [6, 6.07) is 8.11. The molecule has 0 aromatic heterocycles. The number of carboxylic acids is 1. The van der Waals surface area contributed by atoms with Gasteiger partial charge in [-0.3, -0.25) is 9.59 Å². The third-order valence-corrected chi connectivity index (χ3v) is 3.83. The molecule has 0 radical (unpaired) electrons. The number of carboxylic acid groups (broad SMARTS) is 1. The fourth-order valence-corrected chi connectivity index (χ4v) is 2.51. The van der Waals surface area contributed by atoms with Crippen LogP contribution in [0.3, 0.4) is 0 Å². The Balaban J connectivity index is 2.19. The molecule has 0 fully saturated rings. The molecule has 5 heteroatoms. The van der Waals surface area contributed by atoms with Crippen molar-refractivity contribution in [3.8, 4) is 0 Å². The molecule has 110 valence electrons. The van der Waals surface area contributed by atoms with E-state index in [1.807, 2.05) is 26.0 Å². The van der Waals surface area contributed by atoms with Gasteiger partial charge in [0.2, 0.25) is 5.91 Å². The van der Waals surface area contributed by atoms with Crippen molar-refractivity contribution in [2.45, 2.75) is 44.0 Å².